The molecule has 48 heavy (non-hydrogen) atoms. The van der Waals surface area contributed by atoms with Gasteiger partial charge in [-0.25, -0.2) is 15.0 Å². The van der Waals surface area contributed by atoms with Crippen molar-refractivity contribution < 1.29 is 4.42 Å². The van der Waals surface area contributed by atoms with E-state index in [1.54, 1.807) is 11.3 Å². The zero-order valence-corrected chi connectivity index (χ0v) is 26.4. The maximum Gasteiger partial charge on any atom is 0.164 e. The Morgan fingerprint density at radius 1 is 0.396 bits per heavy atom. The van der Waals surface area contributed by atoms with Gasteiger partial charge in [0.15, 0.2) is 17.5 Å². The molecule has 0 aliphatic carbocycles. The molecular formula is C43H25N3OS. The van der Waals surface area contributed by atoms with E-state index in [1.807, 2.05) is 36.4 Å². The molecule has 0 aliphatic heterocycles. The molecule has 0 fully saturated rings. The van der Waals surface area contributed by atoms with E-state index in [1.165, 1.54) is 25.6 Å². The Labute approximate surface area is 279 Å². The molecule has 0 radical (unpaired) electrons. The Bertz CT molecular complexity index is 2840. The number of aromatic nitrogens is 3. The normalized spacial score (nSPS) is 11.8. The van der Waals surface area contributed by atoms with Gasteiger partial charge in [0.05, 0.1) is 0 Å². The number of thiophene rings is 1. The van der Waals surface area contributed by atoms with Gasteiger partial charge in [-0.3, -0.25) is 0 Å². The SMILES string of the molecule is c1ccc(-c2nc(-c3cc(-c4ccccc4)c4c(c3)oc3cc5ccccc5cc34)nc(-c3ccc4c(c3)sc3ccccc34)n2)cc1. The van der Waals surface area contributed by atoms with E-state index >= 15 is 0 Å². The molecule has 10 aromatic rings. The summed E-state index contributed by atoms with van der Waals surface area (Å²) in [6.45, 7) is 0. The lowest BCUT2D eigenvalue weighted by molar-refractivity contribution is 0.669. The van der Waals surface area contributed by atoms with E-state index in [-0.39, 0.29) is 0 Å². The van der Waals surface area contributed by atoms with Crippen molar-refractivity contribution in [3.8, 4) is 45.3 Å². The Morgan fingerprint density at radius 3 is 1.81 bits per heavy atom. The van der Waals surface area contributed by atoms with Crippen molar-refractivity contribution in [1.82, 2.24) is 15.0 Å². The lowest BCUT2D eigenvalue weighted by Gasteiger charge is -2.11. The maximum absolute atomic E-state index is 6.62. The van der Waals surface area contributed by atoms with Crippen LogP contribution in [0.25, 0.3) is 98.2 Å². The molecule has 5 heteroatoms. The lowest BCUT2D eigenvalue weighted by atomic mass is 9.96. The van der Waals surface area contributed by atoms with E-state index in [4.69, 9.17) is 19.4 Å². The first-order valence-corrected chi connectivity index (χ1v) is 16.7. The summed E-state index contributed by atoms with van der Waals surface area (Å²) in [7, 11) is 0. The van der Waals surface area contributed by atoms with E-state index in [0.29, 0.717) is 17.5 Å². The summed E-state index contributed by atoms with van der Waals surface area (Å²) >= 11 is 1.79. The highest BCUT2D eigenvalue weighted by Crippen LogP contribution is 2.42. The van der Waals surface area contributed by atoms with Gasteiger partial charge in [-0.05, 0) is 58.3 Å². The molecule has 7 aromatic carbocycles. The van der Waals surface area contributed by atoms with Gasteiger partial charge < -0.3 is 4.42 Å². The molecule has 0 saturated heterocycles. The fourth-order valence-electron chi connectivity index (χ4n) is 6.78. The molecule has 224 valence electrons. The van der Waals surface area contributed by atoms with Crippen LogP contribution in [0.15, 0.2) is 156 Å². The third-order valence-corrected chi connectivity index (χ3v) is 10.2. The first kappa shape index (κ1) is 27.0. The van der Waals surface area contributed by atoms with E-state index in [2.05, 4.69) is 115 Å². The minimum Gasteiger partial charge on any atom is -0.456 e. The topological polar surface area (TPSA) is 51.8 Å². The second-order valence-corrected chi connectivity index (χ2v) is 13.1. The van der Waals surface area contributed by atoms with Crippen molar-refractivity contribution in [2.45, 2.75) is 0 Å². The second-order valence-electron chi connectivity index (χ2n) is 12.0. The molecule has 0 spiro atoms. The molecule has 0 bridgehead atoms. The predicted molar refractivity (Wildman–Crippen MR) is 199 cm³/mol. The first-order chi connectivity index (χ1) is 23.7. The van der Waals surface area contributed by atoms with Crippen LogP contribution in [0.1, 0.15) is 0 Å². The van der Waals surface area contributed by atoms with Crippen LogP contribution < -0.4 is 0 Å². The fraction of sp³-hybridized carbons (Fsp3) is 0. The Morgan fingerprint density at radius 2 is 1.02 bits per heavy atom. The highest BCUT2D eigenvalue weighted by molar-refractivity contribution is 7.25. The van der Waals surface area contributed by atoms with Gasteiger partial charge >= 0.3 is 0 Å². The molecule has 0 atom stereocenters. The highest BCUT2D eigenvalue weighted by atomic mass is 32.1. The van der Waals surface area contributed by atoms with E-state index in [9.17, 15) is 0 Å². The smallest absolute Gasteiger partial charge is 0.164 e. The Balaban J connectivity index is 1.22. The number of hydrogen-bond donors (Lipinski definition) is 0. The average molecular weight is 632 g/mol. The second kappa shape index (κ2) is 10.7. The molecule has 10 rings (SSSR count). The Kier molecular flexibility index (Phi) is 6.01. The molecule has 0 amide bonds. The third-order valence-electron chi connectivity index (χ3n) is 9.09. The van der Waals surface area contributed by atoms with Gasteiger partial charge in [-0.2, -0.15) is 0 Å². The monoisotopic (exact) mass is 631 g/mol. The van der Waals surface area contributed by atoms with Crippen molar-refractivity contribution >= 4 is 64.2 Å². The number of nitrogens with zero attached hydrogens (tertiary/aromatic N) is 3. The van der Waals surface area contributed by atoms with Gasteiger partial charge in [0, 0.05) is 47.6 Å². The molecule has 0 N–H and O–H groups in total. The van der Waals surface area contributed by atoms with E-state index in [0.717, 1.165) is 55.1 Å². The highest BCUT2D eigenvalue weighted by Gasteiger charge is 2.19. The van der Waals surface area contributed by atoms with Crippen LogP contribution in [0.2, 0.25) is 0 Å². The van der Waals surface area contributed by atoms with Gasteiger partial charge in [0.25, 0.3) is 0 Å². The molecular weight excluding hydrogens is 607 g/mol. The minimum atomic E-state index is 0.597. The summed E-state index contributed by atoms with van der Waals surface area (Å²) in [5.74, 6) is 1.86. The summed E-state index contributed by atoms with van der Waals surface area (Å²) in [6, 6.07) is 52.7. The van der Waals surface area contributed by atoms with Gasteiger partial charge in [0.2, 0.25) is 0 Å². The maximum atomic E-state index is 6.62. The van der Waals surface area contributed by atoms with Gasteiger partial charge in [-0.15, -0.1) is 11.3 Å². The number of rotatable bonds is 4. The fourth-order valence-corrected chi connectivity index (χ4v) is 7.93. The van der Waals surface area contributed by atoms with Crippen LogP contribution in [0.5, 0.6) is 0 Å². The standard InChI is InChI=1S/C43H25N3OS/c1-3-11-26(12-4-1)34-22-31(24-37-40(34)35-21-28-15-7-8-16-29(28)23-36(35)47-37)43-45-41(27-13-5-2-6-14-27)44-42(46-43)30-19-20-33-32-17-9-10-18-38(32)48-39(33)25-30/h1-25H. The zero-order chi connectivity index (χ0) is 31.6. The van der Waals surface area contributed by atoms with Crippen molar-refractivity contribution in [3.63, 3.8) is 0 Å². The van der Waals surface area contributed by atoms with Crippen LogP contribution >= 0.6 is 11.3 Å². The summed E-state index contributed by atoms with van der Waals surface area (Å²) in [4.78, 5) is 15.2. The molecule has 0 unspecified atom stereocenters. The van der Waals surface area contributed by atoms with Crippen molar-refractivity contribution in [2.75, 3.05) is 0 Å². The average Bonchev–Trinajstić information content (AvgIpc) is 3.71. The van der Waals surface area contributed by atoms with Crippen molar-refractivity contribution in [3.05, 3.63) is 152 Å². The van der Waals surface area contributed by atoms with Crippen LogP contribution in [0, 0.1) is 0 Å². The quantitative estimate of drug-likeness (QED) is 0.194. The van der Waals surface area contributed by atoms with Gasteiger partial charge in [-0.1, -0.05) is 115 Å². The summed E-state index contributed by atoms with van der Waals surface area (Å²) in [5.41, 5.74) is 6.59. The number of benzene rings is 7. The molecule has 0 aliphatic rings. The lowest BCUT2D eigenvalue weighted by Crippen LogP contribution is -2.00. The molecule has 4 nitrogen and oxygen atoms in total. The summed E-state index contributed by atoms with van der Waals surface area (Å²) in [5, 5.41) is 7.01. The number of fused-ring (bicyclic) bond motifs is 7. The minimum absolute atomic E-state index is 0.597. The largest absolute Gasteiger partial charge is 0.456 e. The molecule has 3 heterocycles. The van der Waals surface area contributed by atoms with Crippen LogP contribution in [-0.2, 0) is 0 Å². The predicted octanol–water partition coefficient (Wildman–Crippen LogP) is 12.0. The molecule has 3 aromatic heterocycles. The first-order valence-electron chi connectivity index (χ1n) is 15.9. The summed E-state index contributed by atoms with van der Waals surface area (Å²) in [6.07, 6.45) is 0. The van der Waals surface area contributed by atoms with Crippen LogP contribution in [0.3, 0.4) is 0 Å². The summed E-state index contributed by atoms with van der Waals surface area (Å²) < 4.78 is 9.10. The molecule has 0 saturated carbocycles. The Hall–Kier alpha value is -6.17. The van der Waals surface area contributed by atoms with Crippen LogP contribution in [-0.4, -0.2) is 15.0 Å². The number of hydrogen-bond acceptors (Lipinski definition) is 5. The number of furan rings is 1. The van der Waals surface area contributed by atoms with Crippen LogP contribution in [0.4, 0.5) is 0 Å². The zero-order valence-electron chi connectivity index (χ0n) is 25.6. The van der Waals surface area contributed by atoms with Crippen molar-refractivity contribution in [2.24, 2.45) is 0 Å². The van der Waals surface area contributed by atoms with E-state index < -0.39 is 0 Å². The third kappa shape index (κ3) is 4.40. The van der Waals surface area contributed by atoms with Gasteiger partial charge in [0.1, 0.15) is 11.2 Å². The van der Waals surface area contributed by atoms with Crippen molar-refractivity contribution in [1.29, 1.82) is 0 Å².